The molecule has 24 heavy (non-hydrogen) atoms. The Kier molecular flexibility index (Phi) is 5.98. The first-order valence-electron chi connectivity index (χ1n) is 8.27. The first-order chi connectivity index (χ1) is 11.4. The maximum atomic E-state index is 13.5. The molecule has 2 aromatic rings. The lowest BCUT2D eigenvalue weighted by Gasteiger charge is -2.43. The summed E-state index contributed by atoms with van der Waals surface area (Å²) >= 11 is 0. The first-order valence-corrected chi connectivity index (χ1v) is 10.2. The van der Waals surface area contributed by atoms with Crippen LogP contribution in [0.15, 0.2) is 60.7 Å². The molecule has 0 aliphatic heterocycles. The van der Waals surface area contributed by atoms with Gasteiger partial charge in [-0.2, -0.15) is 0 Å². The molecule has 0 radical (unpaired) electrons. The highest BCUT2D eigenvalue weighted by Crippen LogP contribution is 2.36. The Morgan fingerprint density at radius 3 is 1.83 bits per heavy atom. The van der Waals surface area contributed by atoms with Gasteiger partial charge in [-0.15, -0.1) is 6.42 Å². The molecule has 0 saturated carbocycles. The van der Waals surface area contributed by atoms with E-state index in [1.807, 2.05) is 36.4 Å². The Bertz CT molecular complexity index is 631. The Morgan fingerprint density at radius 2 is 1.46 bits per heavy atom. The van der Waals surface area contributed by atoms with Crippen LogP contribution in [-0.4, -0.2) is 21.1 Å². The van der Waals surface area contributed by atoms with E-state index in [-0.39, 0.29) is 11.5 Å². The molecule has 3 heteroatoms. The van der Waals surface area contributed by atoms with Gasteiger partial charge in [0.25, 0.3) is 8.32 Å². The van der Waals surface area contributed by atoms with E-state index in [2.05, 4.69) is 51.0 Å². The second-order valence-electron chi connectivity index (χ2n) is 6.93. The second kappa shape index (κ2) is 7.79. The molecule has 0 aliphatic carbocycles. The molecule has 0 saturated heterocycles. The van der Waals surface area contributed by atoms with Crippen molar-refractivity contribution in [2.24, 2.45) is 0 Å². The van der Waals surface area contributed by atoms with Gasteiger partial charge in [-0.05, 0) is 15.4 Å². The summed E-state index contributed by atoms with van der Waals surface area (Å²) in [5, 5.41) is 2.29. The van der Waals surface area contributed by atoms with Crippen molar-refractivity contribution >= 4 is 18.7 Å². The molecule has 0 aromatic heterocycles. The van der Waals surface area contributed by atoms with Crippen LogP contribution in [0.2, 0.25) is 5.04 Å². The van der Waals surface area contributed by atoms with Crippen LogP contribution in [0.4, 0.5) is 4.39 Å². The number of terminal acetylenes is 1. The van der Waals surface area contributed by atoms with Gasteiger partial charge in [-0.25, -0.2) is 4.39 Å². The third-order valence-corrected chi connectivity index (χ3v) is 9.33. The minimum atomic E-state index is -2.56. The molecule has 0 bridgehead atoms. The zero-order valence-corrected chi connectivity index (χ0v) is 15.6. The van der Waals surface area contributed by atoms with Crippen molar-refractivity contribution in [1.29, 1.82) is 0 Å². The normalized spacial score (nSPS) is 13.3. The molecule has 1 atom stereocenters. The van der Waals surface area contributed by atoms with Crippen LogP contribution in [-0.2, 0) is 4.43 Å². The molecule has 0 fully saturated rings. The molecular formula is C21H25FOSi. The third kappa shape index (κ3) is 3.77. The average Bonchev–Trinajstić information content (AvgIpc) is 2.59. The van der Waals surface area contributed by atoms with E-state index >= 15 is 0 Å². The van der Waals surface area contributed by atoms with Crippen molar-refractivity contribution in [2.45, 2.75) is 38.4 Å². The maximum absolute atomic E-state index is 13.5. The highest BCUT2D eigenvalue weighted by Gasteiger charge is 2.49. The maximum Gasteiger partial charge on any atom is 0.261 e. The molecule has 126 valence electrons. The van der Waals surface area contributed by atoms with Gasteiger partial charge in [-0.1, -0.05) is 87.4 Å². The fourth-order valence-corrected chi connectivity index (χ4v) is 7.74. The van der Waals surface area contributed by atoms with Crippen molar-refractivity contribution in [3.63, 3.8) is 0 Å². The van der Waals surface area contributed by atoms with Crippen molar-refractivity contribution in [2.75, 3.05) is 6.61 Å². The minimum Gasteiger partial charge on any atom is -0.407 e. The number of halogens is 1. The predicted octanol–water partition coefficient (Wildman–Crippen LogP) is 3.92. The number of benzene rings is 2. The summed E-state index contributed by atoms with van der Waals surface area (Å²) in [6, 6.07) is 20.7. The summed E-state index contributed by atoms with van der Waals surface area (Å²) < 4.78 is 20.1. The fourth-order valence-electron chi connectivity index (χ4n) is 3.16. The van der Waals surface area contributed by atoms with Gasteiger partial charge in [0, 0.05) is 13.0 Å². The lowest BCUT2D eigenvalue weighted by Crippen LogP contribution is -2.66. The SMILES string of the molecule is C#CC(F)CCO[Si](c1ccccc1)(c1ccccc1)C(C)(C)C. The van der Waals surface area contributed by atoms with Crippen molar-refractivity contribution in [3.8, 4) is 12.3 Å². The molecule has 0 amide bonds. The summed E-state index contributed by atoms with van der Waals surface area (Å²) in [6.45, 7) is 6.92. The van der Waals surface area contributed by atoms with Crippen LogP contribution >= 0.6 is 0 Å². The molecule has 1 nitrogen and oxygen atoms in total. The monoisotopic (exact) mass is 340 g/mol. The quantitative estimate of drug-likeness (QED) is 0.572. The van der Waals surface area contributed by atoms with Gasteiger partial charge < -0.3 is 4.43 Å². The van der Waals surface area contributed by atoms with Crippen LogP contribution in [0.3, 0.4) is 0 Å². The van der Waals surface area contributed by atoms with Gasteiger partial charge in [-0.3, -0.25) is 0 Å². The van der Waals surface area contributed by atoms with Gasteiger partial charge in [0.2, 0.25) is 0 Å². The van der Waals surface area contributed by atoms with Gasteiger partial charge in [0.1, 0.15) is 0 Å². The van der Waals surface area contributed by atoms with E-state index in [9.17, 15) is 4.39 Å². The van der Waals surface area contributed by atoms with E-state index in [1.54, 1.807) is 0 Å². The van der Waals surface area contributed by atoms with Crippen LogP contribution in [0.1, 0.15) is 27.2 Å². The molecule has 0 heterocycles. The largest absolute Gasteiger partial charge is 0.407 e. The van der Waals surface area contributed by atoms with E-state index < -0.39 is 14.5 Å². The summed E-state index contributed by atoms with van der Waals surface area (Å²) in [7, 11) is -2.56. The Hall–Kier alpha value is -1.89. The number of rotatable bonds is 6. The molecule has 1 unspecified atom stereocenters. The lowest BCUT2D eigenvalue weighted by atomic mass is 10.2. The van der Waals surface area contributed by atoms with Crippen LogP contribution in [0.25, 0.3) is 0 Å². The molecule has 0 N–H and O–H groups in total. The highest BCUT2D eigenvalue weighted by molar-refractivity contribution is 6.99. The highest BCUT2D eigenvalue weighted by atomic mass is 28.4. The Balaban J connectivity index is 2.52. The van der Waals surface area contributed by atoms with Crippen molar-refractivity contribution < 1.29 is 8.82 Å². The standard InChI is InChI=1S/C21H25FOSi/c1-5-18(22)16-17-23-24(21(2,3)4,19-12-8-6-9-13-19)20-14-10-7-11-15-20/h1,6-15,18H,16-17H2,2-4H3. The summed E-state index contributed by atoms with van der Waals surface area (Å²) in [4.78, 5) is 0. The summed E-state index contributed by atoms with van der Waals surface area (Å²) in [5.74, 6) is 2.14. The average molecular weight is 341 g/mol. The fraction of sp³-hybridized carbons (Fsp3) is 0.333. The Morgan fingerprint density at radius 1 is 1.00 bits per heavy atom. The van der Waals surface area contributed by atoms with Crippen molar-refractivity contribution in [1.82, 2.24) is 0 Å². The second-order valence-corrected chi connectivity index (χ2v) is 11.2. The smallest absolute Gasteiger partial charge is 0.261 e. The van der Waals surface area contributed by atoms with E-state index in [1.165, 1.54) is 10.4 Å². The van der Waals surface area contributed by atoms with Crippen molar-refractivity contribution in [3.05, 3.63) is 60.7 Å². The van der Waals surface area contributed by atoms with Gasteiger partial charge in [0.15, 0.2) is 6.17 Å². The zero-order chi connectivity index (χ0) is 17.6. The first kappa shape index (κ1) is 18.4. The third-order valence-electron chi connectivity index (χ3n) is 4.29. The zero-order valence-electron chi connectivity index (χ0n) is 14.6. The van der Waals surface area contributed by atoms with E-state index in [0.717, 1.165) is 0 Å². The minimum absolute atomic E-state index is 0.0995. The molecule has 0 spiro atoms. The predicted molar refractivity (Wildman–Crippen MR) is 102 cm³/mol. The molecule has 2 rings (SSSR count). The lowest BCUT2D eigenvalue weighted by molar-refractivity contribution is 0.253. The number of hydrogen-bond acceptors (Lipinski definition) is 1. The molecule has 2 aromatic carbocycles. The Labute approximate surface area is 146 Å². The molecule has 0 aliphatic rings. The number of hydrogen-bond donors (Lipinski definition) is 0. The van der Waals surface area contributed by atoms with Crippen LogP contribution in [0, 0.1) is 12.3 Å². The van der Waals surface area contributed by atoms with Gasteiger partial charge in [0.05, 0.1) is 0 Å². The summed E-state index contributed by atoms with van der Waals surface area (Å²) in [6.07, 6.45) is 4.12. The van der Waals surface area contributed by atoms with Crippen LogP contribution < -0.4 is 10.4 Å². The topological polar surface area (TPSA) is 9.23 Å². The van der Waals surface area contributed by atoms with E-state index in [4.69, 9.17) is 10.8 Å². The summed E-state index contributed by atoms with van der Waals surface area (Å²) in [5.41, 5.74) is 0. The molecular weight excluding hydrogens is 315 g/mol. The number of alkyl halides is 1. The van der Waals surface area contributed by atoms with E-state index in [0.29, 0.717) is 6.61 Å². The van der Waals surface area contributed by atoms with Gasteiger partial charge >= 0.3 is 0 Å². The van der Waals surface area contributed by atoms with Crippen LogP contribution in [0.5, 0.6) is 0 Å².